The van der Waals surface area contributed by atoms with Gasteiger partial charge in [0.25, 0.3) is 0 Å². The van der Waals surface area contributed by atoms with Gasteiger partial charge in [-0.05, 0) is 56.5 Å². The summed E-state index contributed by atoms with van der Waals surface area (Å²) in [5.41, 5.74) is 0.812. The molecule has 1 aromatic carbocycles. The molecule has 2 aliphatic heterocycles. The number of rotatable bonds is 6. The molecule has 136 valence electrons. The standard InChI is InChI=1S/C19H25ClN2O3/c1-14-5-2-3-9-22(14)10-4-8-21-18(23)7-6-15-11-16(20)19-17(12-15)24-13-25-19/h6-7,11-12,14H,2-5,8-10,13H2,1H3,(H,21,23)/b7-6+/t14-/m0/s1. The molecule has 2 aliphatic rings. The van der Waals surface area contributed by atoms with Crippen LogP contribution in [-0.4, -0.2) is 43.3 Å². The van der Waals surface area contributed by atoms with Crippen LogP contribution in [0.3, 0.4) is 0 Å². The fourth-order valence-corrected chi connectivity index (χ4v) is 3.57. The van der Waals surface area contributed by atoms with Gasteiger partial charge >= 0.3 is 0 Å². The number of nitrogens with one attached hydrogen (secondary N) is 1. The zero-order valence-corrected chi connectivity index (χ0v) is 15.3. The summed E-state index contributed by atoms with van der Waals surface area (Å²) in [5, 5.41) is 3.42. The highest BCUT2D eigenvalue weighted by Gasteiger charge is 2.18. The van der Waals surface area contributed by atoms with Gasteiger partial charge < -0.3 is 19.7 Å². The SMILES string of the molecule is C[C@H]1CCCCN1CCCNC(=O)/C=C/c1cc(Cl)c2c(c1)OCO2. The highest BCUT2D eigenvalue weighted by atomic mass is 35.5. The summed E-state index contributed by atoms with van der Waals surface area (Å²) in [7, 11) is 0. The van der Waals surface area contributed by atoms with Gasteiger partial charge in [-0.15, -0.1) is 0 Å². The first-order valence-corrected chi connectivity index (χ1v) is 9.30. The van der Waals surface area contributed by atoms with Crippen molar-refractivity contribution in [3.8, 4) is 11.5 Å². The number of hydrogen-bond donors (Lipinski definition) is 1. The van der Waals surface area contributed by atoms with Crippen LogP contribution in [0.15, 0.2) is 18.2 Å². The Morgan fingerprint density at radius 1 is 1.40 bits per heavy atom. The van der Waals surface area contributed by atoms with Crippen LogP contribution in [0, 0.1) is 0 Å². The van der Waals surface area contributed by atoms with Crippen molar-refractivity contribution in [2.45, 2.75) is 38.6 Å². The van der Waals surface area contributed by atoms with Gasteiger partial charge in [0.15, 0.2) is 11.5 Å². The molecule has 25 heavy (non-hydrogen) atoms. The highest BCUT2D eigenvalue weighted by Crippen LogP contribution is 2.40. The Bertz CT molecular complexity index is 648. The maximum absolute atomic E-state index is 12.0. The molecule has 1 saturated heterocycles. The molecule has 0 radical (unpaired) electrons. The molecule has 1 fully saturated rings. The van der Waals surface area contributed by atoms with Gasteiger partial charge in [0.2, 0.25) is 12.7 Å². The fourth-order valence-electron chi connectivity index (χ4n) is 3.30. The lowest BCUT2D eigenvalue weighted by Gasteiger charge is -2.33. The summed E-state index contributed by atoms with van der Waals surface area (Å²) in [6, 6.07) is 4.24. The number of ether oxygens (including phenoxy) is 2. The largest absolute Gasteiger partial charge is 0.454 e. The second-order valence-electron chi connectivity index (χ2n) is 6.60. The van der Waals surface area contributed by atoms with Crippen LogP contribution < -0.4 is 14.8 Å². The van der Waals surface area contributed by atoms with E-state index in [9.17, 15) is 4.79 Å². The lowest BCUT2D eigenvalue weighted by molar-refractivity contribution is -0.116. The van der Waals surface area contributed by atoms with E-state index in [0.717, 1.165) is 18.5 Å². The number of piperidine rings is 1. The molecular formula is C19H25ClN2O3. The minimum atomic E-state index is -0.0968. The first kappa shape index (κ1) is 18.1. The third kappa shape index (κ3) is 4.89. The molecule has 2 heterocycles. The maximum Gasteiger partial charge on any atom is 0.243 e. The van der Waals surface area contributed by atoms with Crippen molar-refractivity contribution in [2.24, 2.45) is 0 Å². The lowest BCUT2D eigenvalue weighted by atomic mass is 10.0. The van der Waals surface area contributed by atoms with Crippen LogP contribution in [0.1, 0.15) is 38.2 Å². The Balaban J connectivity index is 1.42. The zero-order chi connectivity index (χ0) is 17.6. The smallest absolute Gasteiger partial charge is 0.243 e. The molecule has 0 aliphatic carbocycles. The minimum Gasteiger partial charge on any atom is -0.454 e. The number of likely N-dealkylation sites (tertiary alicyclic amines) is 1. The van der Waals surface area contributed by atoms with Crippen molar-refractivity contribution in [2.75, 3.05) is 26.4 Å². The molecule has 3 rings (SSSR count). The Morgan fingerprint density at radius 3 is 3.12 bits per heavy atom. The lowest BCUT2D eigenvalue weighted by Crippen LogP contribution is -2.39. The Hall–Kier alpha value is -1.72. The van der Waals surface area contributed by atoms with Gasteiger partial charge in [-0.25, -0.2) is 0 Å². The number of hydrogen-bond acceptors (Lipinski definition) is 4. The van der Waals surface area contributed by atoms with E-state index < -0.39 is 0 Å². The summed E-state index contributed by atoms with van der Waals surface area (Å²) in [5.74, 6) is 1.08. The third-order valence-electron chi connectivity index (χ3n) is 4.74. The summed E-state index contributed by atoms with van der Waals surface area (Å²) in [4.78, 5) is 14.5. The predicted octanol–water partition coefficient (Wildman–Crippen LogP) is 3.46. The molecule has 1 atom stereocenters. The molecule has 0 unspecified atom stereocenters. The van der Waals surface area contributed by atoms with Gasteiger partial charge in [0.1, 0.15) is 0 Å². The average molecular weight is 365 g/mol. The quantitative estimate of drug-likeness (QED) is 0.620. The van der Waals surface area contributed by atoms with E-state index in [1.165, 1.54) is 31.9 Å². The summed E-state index contributed by atoms with van der Waals surface area (Å²) in [6.45, 7) is 5.38. The van der Waals surface area contributed by atoms with Crippen LogP contribution in [0.25, 0.3) is 6.08 Å². The topological polar surface area (TPSA) is 50.8 Å². The van der Waals surface area contributed by atoms with Gasteiger partial charge in [-0.2, -0.15) is 0 Å². The third-order valence-corrected chi connectivity index (χ3v) is 5.02. The monoisotopic (exact) mass is 364 g/mol. The Morgan fingerprint density at radius 2 is 2.28 bits per heavy atom. The van der Waals surface area contributed by atoms with Crippen LogP contribution in [0.4, 0.5) is 0 Å². The summed E-state index contributed by atoms with van der Waals surface area (Å²) >= 11 is 6.13. The van der Waals surface area contributed by atoms with Gasteiger partial charge in [-0.1, -0.05) is 18.0 Å². The molecule has 1 aromatic rings. The highest BCUT2D eigenvalue weighted by molar-refractivity contribution is 6.32. The minimum absolute atomic E-state index is 0.0968. The maximum atomic E-state index is 12.0. The molecule has 0 aromatic heterocycles. The number of fused-ring (bicyclic) bond motifs is 1. The molecule has 1 amide bonds. The molecule has 5 nitrogen and oxygen atoms in total. The van der Waals surface area contributed by atoms with Crippen molar-refractivity contribution in [1.82, 2.24) is 10.2 Å². The fraction of sp³-hybridized carbons (Fsp3) is 0.526. The van der Waals surface area contributed by atoms with E-state index in [2.05, 4.69) is 17.1 Å². The zero-order valence-electron chi connectivity index (χ0n) is 14.6. The second kappa shape index (κ2) is 8.59. The van der Waals surface area contributed by atoms with Crippen molar-refractivity contribution < 1.29 is 14.3 Å². The Kier molecular flexibility index (Phi) is 6.21. The number of carbonyl (C=O) groups excluding carboxylic acids is 1. The van der Waals surface area contributed by atoms with E-state index in [1.807, 2.05) is 6.07 Å². The van der Waals surface area contributed by atoms with E-state index in [0.29, 0.717) is 29.1 Å². The normalized spacial score (nSPS) is 20.2. The first-order valence-electron chi connectivity index (χ1n) is 8.92. The van der Waals surface area contributed by atoms with Gasteiger partial charge in [-0.3, -0.25) is 4.79 Å². The van der Waals surface area contributed by atoms with Crippen molar-refractivity contribution in [3.05, 3.63) is 28.8 Å². The average Bonchev–Trinajstić information content (AvgIpc) is 3.07. The number of nitrogens with zero attached hydrogens (tertiary/aromatic N) is 1. The summed E-state index contributed by atoms with van der Waals surface area (Å²) in [6.07, 6.45) is 8.14. The van der Waals surface area contributed by atoms with Crippen molar-refractivity contribution >= 4 is 23.6 Å². The Labute approximate surface area is 153 Å². The molecule has 0 spiro atoms. The van der Waals surface area contributed by atoms with Crippen molar-refractivity contribution in [3.63, 3.8) is 0 Å². The summed E-state index contributed by atoms with van der Waals surface area (Å²) < 4.78 is 10.6. The first-order chi connectivity index (χ1) is 12.1. The molecule has 0 saturated carbocycles. The van der Waals surface area contributed by atoms with E-state index in [-0.39, 0.29) is 12.7 Å². The van der Waals surface area contributed by atoms with Gasteiger partial charge in [0.05, 0.1) is 5.02 Å². The predicted molar refractivity (Wildman–Crippen MR) is 99.1 cm³/mol. The van der Waals surface area contributed by atoms with Crippen LogP contribution >= 0.6 is 11.6 Å². The second-order valence-corrected chi connectivity index (χ2v) is 7.00. The van der Waals surface area contributed by atoms with Crippen LogP contribution in [-0.2, 0) is 4.79 Å². The number of halogens is 1. The van der Waals surface area contributed by atoms with E-state index in [1.54, 1.807) is 12.1 Å². The van der Waals surface area contributed by atoms with Crippen LogP contribution in [0.5, 0.6) is 11.5 Å². The molecular weight excluding hydrogens is 340 g/mol. The molecule has 0 bridgehead atoms. The number of carbonyl (C=O) groups is 1. The molecule has 1 N–H and O–H groups in total. The molecule has 6 heteroatoms. The number of benzene rings is 1. The van der Waals surface area contributed by atoms with Crippen LogP contribution in [0.2, 0.25) is 5.02 Å². The number of amides is 1. The van der Waals surface area contributed by atoms with E-state index >= 15 is 0 Å². The van der Waals surface area contributed by atoms with E-state index in [4.69, 9.17) is 21.1 Å². The van der Waals surface area contributed by atoms with Gasteiger partial charge in [0, 0.05) is 25.2 Å². The van der Waals surface area contributed by atoms with Crippen molar-refractivity contribution in [1.29, 1.82) is 0 Å².